The lowest BCUT2D eigenvalue weighted by molar-refractivity contribution is 0.199. The number of hydrogen-bond donors (Lipinski definition) is 1. The van der Waals surface area contributed by atoms with E-state index in [4.69, 9.17) is 0 Å². The number of nitrogens with zero attached hydrogens (tertiary/aromatic N) is 1. The molecule has 1 saturated heterocycles. The molecule has 5 heteroatoms. The summed E-state index contributed by atoms with van der Waals surface area (Å²) >= 11 is 0. The monoisotopic (exact) mass is 276 g/mol. The van der Waals surface area contributed by atoms with Crippen LogP contribution in [-0.2, 0) is 9.84 Å². The van der Waals surface area contributed by atoms with Gasteiger partial charge < -0.3 is 5.32 Å². The first-order chi connectivity index (χ1) is 8.33. The zero-order chi connectivity index (χ0) is 13.8. The van der Waals surface area contributed by atoms with E-state index in [0.29, 0.717) is 12.0 Å². The highest BCUT2D eigenvalue weighted by atomic mass is 32.2. The van der Waals surface area contributed by atoms with E-state index in [9.17, 15) is 8.42 Å². The van der Waals surface area contributed by atoms with Crippen molar-refractivity contribution in [1.29, 1.82) is 0 Å². The Balaban J connectivity index is 2.63. The van der Waals surface area contributed by atoms with E-state index in [1.165, 1.54) is 6.26 Å². The lowest BCUT2D eigenvalue weighted by Crippen LogP contribution is -2.46. The van der Waals surface area contributed by atoms with Crippen LogP contribution >= 0.6 is 0 Å². The lowest BCUT2D eigenvalue weighted by atomic mass is 9.98. The molecular weight excluding hydrogens is 248 g/mol. The Hall–Kier alpha value is -0.130. The van der Waals surface area contributed by atoms with Crippen molar-refractivity contribution in [1.82, 2.24) is 10.2 Å². The third-order valence-corrected chi connectivity index (χ3v) is 5.05. The molecule has 1 aliphatic rings. The standard InChI is InChI=1S/C13H28N2O2S/c1-5-11(2)13-9-15(8-6-7-14-13)12(3)10-18(4,16)17/h11-14H,5-10H2,1-4H3. The van der Waals surface area contributed by atoms with E-state index >= 15 is 0 Å². The van der Waals surface area contributed by atoms with Crippen molar-refractivity contribution in [2.45, 2.75) is 45.7 Å². The van der Waals surface area contributed by atoms with Crippen LogP contribution in [0.5, 0.6) is 0 Å². The second-order valence-corrected chi connectivity index (χ2v) is 7.92. The fraction of sp³-hybridized carbons (Fsp3) is 1.00. The second kappa shape index (κ2) is 6.87. The van der Waals surface area contributed by atoms with Crippen LogP contribution in [0, 0.1) is 5.92 Å². The molecule has 0 aromatic rings. The highest BCUT2D eigenvalue weighted by Gasteiger charge is 2.25. The van der Waals surface area contributed by atoms with Gasteiger partial charge in [-0.2, -0.15) is 0 Å². The fourth-order valence-electron chi connectivity index (χ4n) is 2.59. The molecule has 0 bridgehead atoms. The number of sulfone groups is 1. The van der Waals surface area contributed by atoms with E-state index < -0.39 is 9.84 Å². The molecule has 108 valence electrons. The lowest BCUT2D eigenvalue weighted by Gasteiger charge is -2.32. The molecule has 0 aromatic heterocycles. The summed E-state index contributed by atoms with van der Waals surface area (Å²) in [5.74, 6) is 0.899. The first-order valence-electron chi connectivity index (χ1n) is 6.98. The average Bonchev–Trinajstić information content (AvgIpc) is 2.51. The van der Waals surface area contributed by atoms with Crippen molar-refractivity contribution in [3.8, 4) is 0 Å². The van der Waals surface area contributed by atoms with Gasteiger partial charge in [0.1, 0.15) is 9.84 Å². The number of rotatable bonds is 5. The maximum absolute atomic E-state index is 11.4. The summed E-state index contributed by atoms with van der Waals surface area (Å²) in [5, 5.41) is 3.59. The van der Waals surface area contributed by atoms with Crippen molar-refractivity contribution in [3.05, 3.63) is 0 Å². The third-order valence-electron chi connectivity index (χ3n) is 3.96. The van der Waals surface area contributed by atoms with Crippen LogP contribution in [0.3, 0.4) is 0 Å². The van der Waals surface area contributed by atoms with Gasteiger partial charge in [0.25, 0.3) is 0 Å². The van der Waals surface area contributed by atoms with Crippen LogP contribution in [0.25, 0.3) is 0 Å². The van der Waals surface area contributed by atoms with E-state index in [1.54, 1.807) is 0 Å². The molecule has 0 aliphatic carbocycles. The minimum Gasteiger partial charge on any atom is -0.312 e. The molecular formula is C13H28N2O2S. The molecule has 1 rings (SSSR count). The van der Waals surface area contributed by atoms with E-state index in [0.717, 1.165) is 32.5 Å². The Morgan fingerprint density at radius 1 is 1.39 bits per heavy atom. The zero-order valence-corrected chi connectivity index (χ0v) is 13.0. The molecule has 18 heavy (non-hydrogen) atoms. The molecule has 0 amide bonds. The smallest absolute Gasteiger partial charge is 0.148 e. The number of hydrogen-bond acceptors (Lipinski definition) is 4. The van der Waals surface area contributed by atoms with Gasteiger partial charge in [-0.15, -0.1) is 0 Å². The maximum atomic E-state index is 11.4. The van der Waals surface area contributed by atoms with Gasteiger partial charge >= 0.3 is 0 Å². The van der Waals surface area contributed by atoms with Gasteiger partial charge in [0.15, 0.2) is 0 Å². The maximum Gasteiger partial charge on any atom is 0.148 e. The summed E-state index contributed by atoms with van der Waals surface area (Å²) in [6.07, 6.45) is 3.58. The first kappa shape index (κ1) is 15.9. The molecule has 1 N–H and O–H groups in total. The Bertz CT molecular complexity index is 343. The molecule has 3 atom stereocenters. The molecule has 4 nitrogen and oxygen atoms in total. The molecule has 0 aromatic carbocycles. The Morgan fingerprint density at radius 3 is 2.61 bits per heavy atom. The van der Waals surface area contributed by atoms with Crippen molar-refractivity contribution >= 4 is 9.84 Å². The van der Waals surface area contributed by atoms with Gasteiger partial charge in [0.05, 0.1) is 5.75 Å². The molecule has 1 aliphatic heterocycles. The summed E-state index contributed by atoms with van der Waals surface area (Å²) in [7, 11) is -2.89. The predicted molar refractivity (Wildman–Crippen MR) is 76.6 cm³/mol. The van der Waals surface area contributed by atoms with Crippen LogP contribution in [0.4, 0.5) is 0 Å². The van der Waals surface area contributed by atoms with Crippen LogP contribution < -0.4 is 5.32 Å². The van der Waals surface area contributed by atoms with Crippen molar-refractivity contribution in [2.24, 2.45) is 5.92 Å². The van der Waals surface area contributed by atoms with Gasteiger partial charge in [-0.1, -0.05) is 20.3 Å². The largest absolute Gasteiger partial charge is 0.312 e. The average molecular weight is 276 g/mol. The van der Waals surface area contributed by atoms with E-state index in [2.05, 4.69) is 24.1 Å². The van der Waals surface area contributed by atoms with E-state index in [-0.39, 0.29) is 11.8 Å². The van der Waals surface area contributed by atoms with Crippen molar-refractivity contribution in [3.63, 3.8) is 0 Å². The molecule has 0 saturated carbocycles. The highest BCUT2D eigenvalue weighted by Crippen LogP contribution is 2.14. The van der Waals surface area contributed by atoms with Crippen molar-refractivity contribution in [2.75, 3.05) is 31.6 Å². The Kier molecular flexibility index (Phi) is 6.08. The summed E-state index contributed by atoms with van der Waals surface area (Å²) in [6, 6.07) is 0.603. The van der Waals surface area contributed by atoms with Gasteiger partial charge in [-0.3, -0.25) is 4.90 Å². The fourth-order valence-corrected chi connectivity index (χ4v) is 3.67. The molecule has 1 fully saturated rings. The molecule has 1 heterocycles. The van der Waals surface area contributed by atoms with Crippen LogP contribution in [0.1, 0.15) is 33.6 Å². The molecule has 0 radical (unpaired) electrons. The second-order valence-electron chi connectivity index (χ2n) is 5.74. The SMILES string of the molecule is CCC(C)C1CN(C(C)CS(C)(=O)=O)CCCN1. The van der Waals surface area contributed by atoms with Gasteiger partial charge in [0, 0.05) is 24.9 Å². The zero-order valence-electron chi connectivity index (χ0n) is 12.1. The van der Waals surface area contributed by atoms with Gasteiger partial charge in [-0.05, 0) is 32.4 Å². The van der Waals surface area contributed by atoms with Crippen LogP contribution in [0.2, 0.25) is 0 Å². The van der Waals surface area contributed by atoms with Gasteiger partial charge in [-0.25, -0.2) is 8.42 Å². The van der Waals surface area contributed by atoms with Crippen LogP contribution in [-0.4, -0.2) is 57.0 Å². The minimum absolute atomic E-state index is 0.117. The Labute approximate surface area is 112 Å². The summed E-state index contributed by atoms with van der Waals surface area (Å²) in [5.41, 5.74) is 0. The highest BCUT2D eigenvalue weighted by molar-refractivity contribution is 7.90. The molecule has 0 spiro atoms. The quantitative estimate of drug-likeness (QED) is 0.818. The van der Waals surface area contributed by atoms with Crippen LogP contribution in [0.15, 0.2) is 0 Å². The number of nitrogens with one attached hydrogen (secondary N) is 1. The predicted octanol–water partition coefficient (Wildman–Crippen LogP) is 1.13. The third kappa shape index (κ3) is 5.24. The van der Waals surface area contributed by atoms with Crippen molar-refractivity contribution < 1.29 is 8.42 Å². The molecule has 3 unspecified atom stereocenters. The normalized spacial score (nSPS) is 26.6. The summed E-state index contributed by atoms with van der Waals surface area (Å²) < 4.78 is 22.8. The Morgan fingerprint density at radius 2 is 2.06 bits per heavy atom. The topological polar surface area (TPSA) is 49.4 Å². The first-order valence-corrected chi connectivity index (χ1v) is 9.04. The minimum atomic E-state index is -2.89. The summed E-state index contributed by atoms with van der Waals surface area (Å²) in [4.78, 5) is 2.33. The van der Waals surface area contributed by atoms with E-state index in [1.807, 2.05) is 6.92 Å². The van der Waals surface area contributed by atoms with Gasteiger partial charge in [0.2, 0.25) is 0 Å². The summed E-state index contributed by atoms with van der Waals surface area (Å²) in [6.45, 7) is 9.50.